The first kappa shape index (κ1) is 21.6. The van der Waals surface area contributed by atoms with E-state index in [-0.39, 0.29) is 12.1 Å². The summed E-state index contributed by atoms with van der Waals surface area (Å²) in [4.78, 5) is 28.2. The molecule has 6 heteroatoms. The van der Waals surface area contributed by atoms with Gasteiger partial charge in [0.2, 0.25) is 0 Å². The summed E-state index contributed by atoms with van der Waals surface area (Å²) >= 11 is 0. The lowest BCUT2D eigenvalue weighted by molar-refractivity contribution is -0.131. The highest BCUT2D eigenvalue weighted by Crippen LogP contribution is 2.29. The van der Waals surface area contributed by atoms with E-state index < -0.39 is 5.97 Å². The maximum Gasteiger partial charge on any atom is 0.321 e. The van der Waals surface area contributed by atoms with Crippen LogP contribution in [0.4, 0.5) is 10.5 Å². The van der Waals surface area contributed by atoms with E-state index in [0.717, 1.165) is 13.1 Å². The van der Waals surface area contributed by atoms with Gasteiger partial charge in [0.05, 0.1) is 6.04 Å². The third-order valence-corrected chi connectivity index (χ3v) is 5.54. The van der Waals surface area contributed by atoms with Crippen molar-refractivity contribution in [1.29, 1.82) is 0 Å². The normalized spacial score (nSPS) is 14.2. The van der Waals surface area contributed by atoms with E-state index in [9.17, 15) is 9.59 Å². The van der Waals surface area contributed by atoms with E-state index in [4.69, 9.17) is 4.74 Å². The number of amides is 2. The highest BCUT2D eigenvalue weighted by Gasteiger charge is 2.28. The molecule has 6 nitrogen and oxygen atoms in total. The van der Waals surface area contributed by atoms with Crippen LogP contribution in [0.3, 0.4) is 0 Å². The Kier molecular flexibility index (Phi) is 6.82. The summed E-state index contributed by atoms with van der Waals surface area (Å²) in [5.41, 5.74) is 3.10. The van der Waals surface area contributed by atoms with Gasteiger partial charge in [0.25, 0.3) is 0 Å². The van der Waals surface area contributed by atoms with E-state index >= 15 is 0 Å². The van der Waals surface area contributed by atoms with Crippen LogP contribution in [0.25, 0.3) is 0 Å². The molecule has 2 amide bonds. The van der Waals surface area contributed by atoms with Crippen molar-refractivity contribution in [1.82, 2.24) is 9.80 Å². The average molecular weight is 430 g/mol. The zero-order valence-corrected chi connectivity index (χ0v) is 18.1. The molecule has 1 fully saturated rings. The Hall–Kier alpha value is -3.64. The molecule has 0 spiro atoms. The van der Waals surface area contributed by atoms with Crippen LogP contribution in [-0.4, -0.2) is 48.0 Å². The monoisotopic (exact) mass is 429 g/mol. The number of urea groups is 1. The highest BCUT2D eigenvalue weighted by molar-refractivity contribution is 5.89. The molecule has 32 heavy (non-hydrogen) atoms. The van der Waals surface area contributed by atoms with E-state index in [1.165, 1.54) is 18.1 Å². The number of rotatable bonds is 5. The Balaban J connectivity index is 1.41. The van der Waals surface area contributed by atoms with Crippen LogP contribution < -0.4 is 10.1 Å². The second kappa shape index (κ2) is 10.1. The molecule has 0 bridgehead atoms. The Morgan fingerprint density at radius 3 is 1.97 bits per heavy atom. The molecule has 1 N–H and O–H groups in total. The van der Waals surface area contributed by atoms with Gasteiger partial charge in [-0.15, -0.1) is 0 Å². The van der Waals surface area contributed by atoms with E-state index in [0.29, 0.717) is 24.5 Å². The number of ether oxygens (including phenoxy) is 1. The van der Waals surface area contributed by atoms with E-state index in [1.807, 2.05) is 17.0 Å². The molecule has 0 saturated carbocycles. The molecule has 164 valence electrons. The van der Waals surface area contributed by atoms with Gasteiger partial charge in [0.1, 0.15) is 5.75 Å². The first-order valence-electron chi connectivity index (χ1n) is 10.8. The third kappa shape index (κ3) is 5.34. The van der Waals surface area contributed by atoms with Crippen LogP contribution in [0.5, 0.6) is 5.75 Å². The number of esters is 1. The second-order valence-electron chi connectivity index (χ2n) is 7.80. The summed E-state index contributed by atoms with van der Waals surface area (Å²) in [7, 11) is 0. The molecule has 0 atom stereocenters. The lowest BCUT2D eigenvalue weighted by Gasteiger charge is -2.39. The maximum absolute atomic E-state index is 12.8. The molecule has 0 aromatic heterocycles. The molecule has 0 radical (unpaired) electrons. The lowest BCUT2D eigenvalue weighted by Crippen LogP contribution is -2.51. The average Bonchev–Trinajstić information content (AvgIpc) is 2.81. The van der Waals surface area contributed by atoms with Gasteiger partial charge in [-0.05, 0) is 23.3 Å². The van der Waals surface area contributed by atoms with Gasteiger partial charge in [0.15, 0.2) is 0 Å². The standard InChI is InChI=1S/C26H27N3O3/c1-20(30)32-24-14-8-13-23(19-24)27-26(31)29-17-15-28(16-18-29)25(21-9-4-2-5-10-21)22-11-6-3-7-12-22/h2-14,19,25H,15-18H2,1H3,(H,27,31). The van der Waals surface area contributed by atoms with Gasteiger partial charge in [0, 0.05) is 44.9 Å². The van der Waals surface area contributed by atoms with Crippen LogP contribution in [0, 0.1) is 0 Å². The van der Waals surface area contributed by atoms with Gasteiger partial charge in [-0.3, -0.25) is 9.69 Å². The molecule has 4 rings (SSSR count). The number of nitrogens with one attached hydrogen (secondary N) is 1. The Labute approximate surface area is 188 Å². The largest absolute Gasteiger partial charge is 0.427 e. The minimum atomic E-state index is -0.393. The van der Waals surface area contributed by atoms with E-state index in [2.05, 4.69) is 58.7 Å². The number of anilines is 1. The number of hydrogen-bond acceptors (Lipinski definition) is 4. The number of benzene rings is 3. The molecule has 3 aromatic rings. The zero-order chi connectivity index (χ0) is 22.3. The Morgan fingerprint density at radius 1 is 0.812 bits per heavy atom. The number of piperazine rings is 1. The maximum atomic E-state index is 12.8. The van der Waals surface area contributed by atoms with E-state index in [1.54, 1.807) is 24.3 Å². The summed E-state index contributed by atoms with van der Waals surface area (Å²) in [6.45, 7) is 4.16. The summed E-state index contributed by atoms with van der Waals surface area (Å²) < 4.78 is 5.10. The van der Waals surface area contributed by atoms with Crippen molar-refractivity contribution < 1.29 is 14.3 Å². The van der Waals surface area contributed by atoms with Gasteiger partial charge in [-0.2, -0.15) is 0 Å². The fraction of sp³-hybridized carbons (Fsp3) is 0.231. The molecule has 1 aliphatic heterocycles. The summed E-state index contributed by atoms with van der Waals surface area (Å²) in [6.07, 6.45) is 0. The van der Waals surface area contributed by atoms with Crippen molar-refractivity contribution in [3.63, 3.8) is 0 Å². The summed E-state index contributed by atoms with van der Waals surface area (Å²) in [5.74, 6) is 0.0182. The van der Waals surface area contributed by atoms with Crippen molar-refractivity contribution in [2.75, 3.05) is 31.5 Å². The first-order chi connectivity index (χ1) is 15.6. The fourth-order valence-corrected chi connectivity index (χ4v) is 4.07. The third-order valence-electron chi connectivity index (χ3n) is 5.54. The van der Waals surface area contributed by atoms with Crippen molar-refractivity contribution in [2.24, 2.45) is 0 Å². The Morgan fingerprint density at radius 2 is 1.41 bits per heavy atom. The summed E-state index contributed by atoms with van der Waals surface area (Å²) in [6, 6.07) is 27.8. The molecular formula is C26H27N3O3. The molecule has 3 aromatic carbocycles. The molecule has 0 unspecified atom stereocenters. The number of carbonyl (C=O) groups excluding carboxylic acids is 2. The number of nitrogens with zero attached hydrogens (tertiary/aromatic N) is 2. The lowest BCUT2D eigenvalue weighted by atomic mass is 9.96. The van der Waals surface area contributed by atoms with Crippen LogP contribution in [0.2, 0.25) is 0 Å². The molecule has 0 aliphatic carbocycles. The van der Waals surface area contributed by atoms with Crippen molar-refractivity contribution in [2.45, 2.75) is 13.0 Å². The smallest absolute Gasteiger partial charge is 0.321 e. The molecule has 1 heterocycles. The Bertz CT molecular complexity index is 1010. The minimum Gasteiger partial charge on any atom is -0.427 e. The van der Waals surface area contributed by atoms with Crippen molar-refractivity contribution in [3.05, 3.63) is 96.1 Å². The van der Waals surface area contributed by atoms with Crippen molar-refractivity contribution in [3.8, 4) is 5.75 Å². The van der Waals surface area contributed by atoms with Crippen LogP contribution in [0.1, 0.15) is 24.1 Å². The number of carbonyl (C=O) groups is 2. The van der Waals surface area contributed by atoms with Crippen LogP contribution >= 0.6 is 0 Å². The summed E-state index contributed by atoms with van der Waals surface area (Å²) in [5, 5.41) is 2.91. The van der Waals surface area contributed by atoms with Crippen LogP contribution in [-0.2, 0) is 4.79 Å². The van der Waals surface area contributed by atoms with Gasteiger partial charge in [-0.25, -0.2) is 4.79 Å². The minimum absolute atomic E-state index is 0.152. The SMILES string of the molecule is CC(=O)Oc1cccc(NC(=O)N2CCN(C(c3ccccc3)c3ccccc3)CC2)c1. The first-order valence-corrected chi connectivity index (χ1v) is 10.8. The predicted molar refractivity (Wildman–Crippen MR) is 125 cm³/mol. The predicted octanol–water partition coefficient (Wildman–Crippen LogP) is 4.55. The highest BCUT2D eigenvalue weighted by atomic mass is 16.5. The zero-order valence-electron chi connectivity index (χ0n) is 18.1. The second-order valence-corrected chi connectivity index (χ2v) is 7.80. The van der Waals surface area contributed by atoms with Crippen molar-refractivity contribution >= 4 is 17.7 Å². The van der Waals surface area contributed by atoms with Gasteiger partial charge >= 0.3 is 12.0 Å². The molecular weight excluding hydrogens is 402 g/mol. The van der Waals surface area contributed by atoms with Gasteiger partial charge < -0.3 is 15.0 Å². The fourth-order valence-electron chi connectivity index (χ4n) is 4.07. The topological polar surface area (TPSA) is 61.9 Å². The van der Waals surface area contributed by atoms with Crippen LogP contribution in [0.15, 0.2) is 84.9 Å². The molecule has 1 aliphatic rings. The molecule has 1 saturated heterocycles. The number of hydrogen-bond donors (Lipinski definition) is 1. The van der Waals surface area contributed by atoms with Gasteiger partial charge in [-0.1, -0.05) is 66.7 Å². The quantitative estimate of drug-likeness (QED) is 0.477.